The lowest BCUT2D eigenvalue weighted by Crippen LogP contribution is -2.33. The average Bonchev–Trinajstić information content (AvgIpc) is 3.45. The Morgan fingerprint density at radius 1 is 1.10 bits per heavy atom. The van der Waals surface area contributed by atoms with E-state index in [0.29, 0.717) is 23.4 Å². The number of aromatic amines is 1. The van der Waals surface area contributed by atoms with E-state index in [1.54, 1.807) is 45.3 Å². The van der Waals surface area contributed by atoms with Crippen molar-refractivity contribution in [3.05, 3.63) is 122 Å². The molecule has 0 aliphatic carbocycles. The van der Waals surface area contributed by atoms with Crippen molar-refractivity contribution in [3.63, 3.8) is 0 Å². The molecule has 206 valence electrons. The highest BCUT2D eigenvalue weighted by Gasteiger charge is 2.38. The third-order valence-electron chi connectivity index (χ3n) is 6.56. The van der Waals surface area contributed by atoms with Gasteiger partial charge in [0.25, 0.3) is 5.69 Å². The van der Waals surface area contributed by atoms with Crippen molar-refractivity contribution in [1.29, 1.82) is 0 Å². The molecule has 1 aliphatic heterocycles. The molecule has 10 heteroatoms. The molecule has 2 N–H and O–H groups in total. The fraction of sp³-hybridized carbons (Fsp3) is 0.233. The highest BCUT2D eigenvalue weighted by atomic mass is 16.6. The second-order valence-electron chi connectivity index (χ2n) is 9.40. The molecule has 2 aromatic carbocycles. The number of aromatic nitrogens is 2. The molecule has 1 aromatic heterocycles. The van der Waals surface area contributed by atoms with Gasteiger partial charge in [0.15, 0.2) is 0 Å². The monoisotopic (exact) mass is 542 g/mol. The first-order chi connectivity index (χ1) is 19.2. The van der Waals surface area contributed by atoms with Crippen LogP contribution in [0.1, 0.15) is 49.2 Å². The summed E-state index contributed by atoms with van der Waals surface area (Å²) in [4.78, 5) is 44.6. The number of benzene rings is 2. The van der Waals surface area contributed by atoms with Crippen LogP contribution in [0.5, 0.6) is 0 Å². The highest BCUT2D eigenvalue weighted by Crippen LogP contribution is 2.40. The molecule has 0 amide bonds. The molecule has 2 heterocycles. The summed E-state index contributed by atoms with van der Waals surface area (Å²) in [6, 6.07) is 13.8. The second-order valence-corrected chi connectivity index (χ2v) is 9.40. The van der Waals surface area contributed by atoms with E-state index in [1.807, 2.05) is 30.3 Å². The molecule has 1 aliphatic rings. The van der Waals surface area contributed by atoms with Gasteiger partial charge < -0.3 is 19.8 Å². The highest BCUT2D eigenvalue weighted by molar-refractivity contribution is 6.00. The molecule has 3 aromatic rings. The van der Waals surface area contributed by atoms with Gasteiger partial charge in [0.2, 0.25) is 0 Å². The number of imidazole rings is 1. The number of rotatable bonds is 9. The standard InChI is InChI=1S/C30H30N4O6/c1-18(8-9-21-10-12-22(13-11-21)16-25-31-14-15-32-25)40-30(36)27-20(3)33-19(2)26(29(35)39-4)28(27)23-6-5-7-24(17-23)34(37)38/h5-15,17-18,28,33H,16H2,1-4H3,(H,31,32)/b9-8+. The number of hydrogen-bond donors (Lipinski definition) is 2. The van der Waals surface area contributed by atoms with Crippen LogP contribution in [0.15, 0.2) is 89.5 Å². The van der Waals surface area contributed by atoms with Crippen LogP contribution >= 0.6 is 0 Å². The smallest absolute Gasteiger partial charge is 0.337 e. The molecular weight excluding hydrogens is 512 g/mol. The molecule has 0 radical (unpaired) electrons. The first-order valence-corrected chi connectivity index (χ1v) is 12.7. The van der Waals surface area contributed by atoms with Gasteiger partial charge in [-0.1, -0.05) is 42.5 Å². The third-order valence-corrected chi connectivity index (χ3v) is 6.56. The van der Waals surface area contributed by atoms with Gasteiger partial charge in [0.05, 0.1) is 29.1 Å². The Bertz CT molecular complexity index is 1500. The van der Waals surface area contributed by atoms with E-state index in [9.17, 15) is 19.7 Å². The van der Waals surface area contributed by atoms with Gasteiger partial charge in [-0.15, -0.1) is 0 Å². The molecule has 0 saturated heterocycles. The van der Waals surface area contributed by atoms with Crippen LogP contribution in [0.25, 0.3) is 6.08 Å². The van der Waals surface area contributed by atoms with E-state index in [-0.39, 0.29) is 16.8 Å². The zero-order valence-corrected chi connectivity index (χ0v) is 22.6. The summed E-state index contributed by atoms with van der Waals surface area (Å²) in [6.45, 7) is 5.12. The van der Waals surface area contributed by atoms with Gasteiger partial charge in [-0.25, -0.2) is 14.6 Å². The summed E-state index contributed by atoms with van der Waals surface area (Å²) in [5.74, 6) is -1.34. The predicted octanol–water partition coefficient (Wildman–Crippen LogP) is 4.96. The lowest BCUT2D eigenvalue weighted by molar-refractivity contribution is -0.384. The topological polar surface area (TPSA) is 136 Å². The van der Waals surface area contributed by atoms with Crippen molar-refractivity contribution in [2.24, 2.45) is 0 Å². The number of dihydropyridines is 1. The minimum atomic E-state index is -0.918. The minimum Gasteiger partial charge on any atom is -0.466 e. The Balaban J connectivity index is 1.55. The lowest BCUT2D eigenvalue weighted by Gasteiger charge is -2.30. The maximum atomic E-state index is 13.5. The van der Waals surface area contributed by atoms with Crippen LogP contribution < -0.4 is 5.32 Å². The van der Waals surface area contributed by atoms with Crippen molar-refractivity contribution in [3.8, 4) is 0 Å². The number of nitro groups is 1. The van der Waals surface area contributed by atoms with E-state index in [4.69, 9.17) is 9.47 Å². The second kappa shape index (κ2) is 12.2. The number of ether oxygens (including phenoxy) is 2. The van der Waals surface area contributed by atoms with Gasteiger partial charge in [-0.2, -0.15) is 0 Å². The molecule has 2 unspecified atom stereocenters. The minimum absolute atomic E-state index is 0.158. The van der Waals surface area contributed by atoms with E-state index in [0.717, 1.165) is 17.0 Å². The average molecular weight is 543 g/mol. The summed E-state index contributed by atoms with van der Waals surface area (Å²) in [5, 5.41) is 14.5. The lowest BCUT2D eigenvalue weighted by atomic mass is 9.80. The quantitative estimate of drug-likeness (QED) is 0.220. The van der Waals surface area contributed by atoms with E-state index >= 15 is 0 Å². The molecule has 0 fully saturated rings. The van der Waals surface area contributed by atoms with Gasteiger partial charge >= 0.3 is 11.9 Å². The summed E-state index contributed by atoms with van der Waals surface area (Å²) in [5.41, 5.74) is 3.61. The van der Waals surface area contributed by atoms with E-state index in [2.05, 4.69) is 15.3 Å². The van der Waals surface area contributed by atoms with Crippen LogP contribution in [0.4, 0.5) is 5.69 Å². The Morgan fingerprint density at radius 2 is 1.80 bits per heavy atom. The van der Waals surface area contributed by atoms with Crippen molar-refractivity contribution in [2.75, 3.05) is 7.11 Å². The van der Waals surface area contributed by atoms with Gasteiger partial charge in [0.1, 0.15) is 11.9 Å². The predicted molar refractivity (Wildman–Crippen MR) is 149 cm³/mol. The molecule has 4 rings (SSSR count). The molecule has 0 bridgehead atoms. The summed E-state index contributed by atoms with van der Waals surface area (Å²) in [6.07, 6.45) is 7.22. The van der Waals surface area contributed by atoms with E-state index < -0.39 is 28.9 Å². The summed E-state index contributed by atoms with van der Waals surface area (Å²) >= 11 is 0. The number of esters is 2. The number of carbonyl (C=O) groups excluding carboxylic acids is 2. The van der Waals surface area contributed by atoms with Crippen molar-refractivity contribution >= 4 is 23.7 Å². The summed E-state index contributed by atoms with van der Waals surface area (Å²) in [7, 11) is 1.24. The van der Waals surface area contributed by atoms with Crippen LogP contribution in [-0.2, 0) is 25.5 Å². The largest absolute Gasteiger partial charge is 0.466 e. The van der Waals surface area contributed by atoms with Gasteiger partial charge in [-0.3, -0.25) is 10.1 Å². The van der Waals surface area contributed by atoms with Crippen LogP contribution in [0.3, 0.4) is 0 Å². The number of hydrogen-bond acceptors (Lipinski definition) is 8. The van der Waals surface area contributed by atoms with Gasteiger partial charge in [0, 0.05) is 42.3 Å². The normalized spacial score (nSPS) is 16.1. The molecule has 10 nitrogen and oxygen atoms in total. The fourth-order valence-electron chi connectivity index (χ4n) is 4.65. The molecule has 2 atom stereocenters. The Labute approximate surface area is 231 Å². The van der Waals surface area contributed by atoms with Crippen molar-refractivity contribution < 1.29 is 24.0 Å². The fourth-order valence-corrected chi connectivity index (χ4v) is 4.65. The number of methoxy groups -OCH3 is 1. The van der Waals surface area contributed by atoms with Crippen LogP contribution in [0.2, 0.25) is 0 Å². The molecular formula is C30H30N4O6. The number of non-ortho nitro benzene ring substituents is 1. The number of carbonyl (C=O) groups is 2. The maximum Gasteiger partial charge on any atom is 0.337 e. The molecule has 0 saturated carbocycles. The number of nitro benzene ring substituents is 1. The van der Waals surface area contributed by atoms with Crippen LogP contribution in [0, 0.1) is 10.1 Å². The zero-order chi connectivity index (χ0) is 28.8. The molecule has 0 spiro atoms. The summed E-state index contributed by atoms with van der Waals surface area (Å²) < 4.78 is 10.8. The third kappa shape index (κ3) is 6.35. The SMILES string of the molecule is COC(=O)C1=C(C)NC(C)=C(C(=O)OC(C)/C=C/c2ccc(Cc3ncc[nH]3)cc2)C1c1cccc([N+](=O)[O-])c1. The molecule has 40 heavy (non-hydrogen) atoms. The number of nitrogens with zero attached hydrogens (tertiary/aromatic N) is 2. The number of allylic oxidation sites excluding steroid dienone is 2. The first-order valence-electron chi connectivity index (χ1n) is 12.7. The zero-order valence-electron chi connectivity index (χ0n) is 22.6. The van der Waals surface area contributed by atoms with E-state index in [1.165, 1.54) is 25.3 Å². The maximum absolute atomic E-state index is 13.5. The first kappa shape index (κ1) is 28.0. The Morgan fingerprint density at radius 3 is 2.42 bits per heavy atom. The van der Waals surface area contributed by atoms with Gasteiger partial charge in [-0.05, 0) is 43.5 Å². The Kier molecular flexibility index (Phi) is 8.58. The number of nitrogens with one attached hydrogen (secondary N) is 2. The van der Waals surface area contributed by atoms with Crippen LogP contribution in [-0.4, -0.2) is 40.0 Å². The van der Waals surface area contributed by atoms with Crippen molar-refractivity contribution in [2.45, 2.75) is 39.2 Å². The number of H-pyrrole nitrogens is 1. The van der Waals surface area contributed by atoms with Crippen molar-refractivity contribution in [1.82, 2.24) is 15.3 Å². The Hall–Kier alpha value is -4.99.